The summed E-state index contributed by atoms with van der Waals surface area (Å²) in [7, 11) is 5.01. The van der Waals surface area contributed by atoms with E-state index in [1.165, 1.54) is 0 Å². The van der Waals surface area contributed by atoms with Crippen molar-refractivity contribution in [3.05, 3.63) is 36.3 Å². The van der Waals surface area contributed by atoms with Crippen LogP contribution in [0.5, 0.6) is 11.6 Å². The van der Waals surface area contributed by atoms with Crippen molar-refractivity contribution in [3.8, 4) is 11.6 Å². The molecule has 3 aromatic rings. The molecule has 11 heteroatoms. The Morgan fingerprint density at radius 2 is 2.00 bits per heavy atom. The van der Waals surface area contributed by atoms with Gasteiger partial charge in [-0.1, -0.05) is 19.8 Å². The molecule has 3 aromatic heterocycles. The number of aromatic nitrogens is 4. The van der Waals surface area contributed by atoms with Crippen molar-refractivity contribution in [2.45, 2.75) is 45.7 Å². The minimum absolute atomic E-state index is 0.0141. The van der Waals surface area contributed by atoms with Crippen LogP contribution in [0.1, 0.15) is 38.2 Å². The summed E-state index contributed by atoms with van der Waals surface area (Å²) in [6, 6.07) is 3.70. The summed E-state index contributed by atoms with van der Waals surface area (Å²) < 4.78 is 13.0. The highest BCUT2D eigenvalue weighted by Gasteiger charge is 2.30. The van der Waals surface area contributed by atoms with Gasteiger partial charge >= 0.3 is 6.03 Å². The van der Waals surface area contributed by atoms with E-state index >= 15 is 0 Å². The lowest BCUT2D eigenvalue weighted by molar-refractivity contribution is -0.129. The lowest BCUT2D eigenvalue weighted by atomic mass is 10.1. The van der Waals surface area contributed by atoms with E-state index in [9.17, 15) is 9.59 Å². The molecule has 11 nitrogen and oxygen atoms in total. The van der Waals surface area contributed by atoms with E-state index in [1.807, 2.05) is 22.9 Å². The molecular weight excluding hydrogens is 474 g/mol. The van der Waals surface area contributed by atoms with E-state index in [4.69, 9.17) is 9.47 Å². The Labute approximate surface area is 217 Å². The Morgan fingerprint density at radius 3 is 2.76 bits per heavy atom. The normalized spacial score (nSPS) is 13.8. The number of pyridine rings is 1. The first-order valence-corrected chi connectivity index (χ1v) is 12.7. The summed E-state index contributed by atoms with van der Waals surface area (Å²) >= 11 is 0. The molecule has 1 aliphatic rings. The highest BCUT2D eigenvalue weighted by Crippen LogP contribution is 2.28. The van der Waals surface area contributed by atoms with Crippen LogP contribution in [0, 0.1) is 0 Å². The first-order valence-electron chi connectivity index (χ1n) is 12.7. The van der Waals surface area contributed by atoms with Crippen molar-refractivity contribution in [3.63, 3.8) is 0 Å². The van der Waals surface area contributed by atoms with Crippen molar-refractivity contribution in [1.82, 2.24) is 29.3 Å². The Balaban J connectivity index is 1.51. The van der Waals surface area contributed by atoms with Crippen molar-refractivity contribution >= 4 is 28.9 Å². The largest absolute Gasteiger partial charge is 0.490 e. The second-order valence-corrected chi connectivity index (χ2v) is 9.25. The number of likely N-dealkylation sites (N-methyl/N-ethyl adjacent to an activating group) is 1. The third kappa shape index (κ3) is 5.92. The van der Waals surface area contributed by atoms with Crippen molar-refractivity contribution in [2.75, 3.05) is 45.8 Å². The summed E-state index contributed by atoms with van der Waals surface area (Å²) in [4.78, 5) is 44.0. The zero-order chi connectivity index (χ0) is 26.4. The molecule has 0 spiro atoms. The van der Waals surface area contributed by atoms with Crippen LogP contribution in [0.2, 0.25) is 0 Å². The highest BCUT2D eigenvalue weighted by molar-refractivity contribution is 5.91. The number of anilines is 1. The van der Waals surface area contributed by atoms with E-state index in [2.05, 4.69) is 21.9 Å². The van der Waals surface area contributed by atoms with E-state index < -0.39 is 0 Å². The van der Waals surface area contributed by atoms with Crippen molar-refractivity contribution < 1.29 is 19.1 Å². The second-order valence-electron chi connectivity index (χ2n) is 9.25. The number of hydrogen-bond donors (Lipinski definition) is 0. The highest BCUT2D eigenvalue weighted by atomic mass is 16.5. The number of urea groups is 1. The predicted octanol–water partition coefficient (Wildman–Crippen LogP) is 3.32. The van der Waals surface area contributed by atoms with Crippen LogP contribution < -0.4 is 14.4 Å². The first kappa shape index (κ1) is 26.2. The number of hydrogen-bond acceptors (Lipinski definition) is 7. The molecule has 0 saturated carbocycles. The third-order valence-electron chi connectivity index (χ3n) is 6.39. The zero-order valence-corrected chi connectivity index (χ0v) is 22.0. The van der Waals surface area contributed by atoms with Gasteiger partial charge in [0.1, 0.15) is 12.2 Å². The van der Waals surface area contributed by atoms with Crippen LogP contribution in [-0.2, 0) is 17.9 Å². The number of fused-ring (bicyclic) bond motifs is 1. The molecule has 1 aliphatic heterocycles. The molecule has 37 heavy (non-hydrogen) atoms. The molecule has 0 radical (unpaired) electrons. The zero-order valence-electron chi connectivity index (χ0n) is 22.0. The Morgan fingerprint density at radius 1 is 1.16 bits per heavy atom. The summed E-state index contributed by atoms with van der Waals surface area (Å²) in [5.41, 5.74) is 1.68. The number of ether oxygens (including phenoxy) is 2. The van der Waals surface area contributed by atoms with E-state index in [-0.39, 0.29) is 18.5 Å². The van der Waals surface area contributed by atoms with Gasteiger partial charge in [0, 0.05) is 51.5 Å². The molecule has 0 atom stereocenters. The average Bonchev–Trinajstić information content (AvgIpc) is 3.31. The number of methoxy groups -OCH3 is 1. The summed E-state index contributed by atoms with van der Waals surface area (Å²) in [5.74, 6) is 1.07. The standard InChI is InChI=1S/C26H35N7O4/c1-5-6-7-15-37-24-21(36-4)16-28-25(29-24)33-13-8-12-32(26(33)35)17-19-9-11-27-23-20(19)10-14-31(23)18-22(34)30(2)3/h9-11,14,16H,5-8,12-13,15,17-18H2,1-4H3. The molecule has 0 aliphatic carbocycles. The Hall–Kier alpha value is -3.89. The maximum Gasteiger partial charge on any atom is 0.327 e. The lowest BCUT2D eigenvalue weighted by Crippen LogP contribution is -2.49. The number of carbonyl (C=O) groups excluding carboxylic acids is 2. The van der Waals surface area contributed by atoms with Crippen LogP contribution in [0.3, 0.4) is 0 Å². The fourth-order valence-corrected chi connectivity index (χ4v) is 4.26. The molecule has 198 valence electrons. The summed E-state index contributed by atoms with van der Waals surface area (Å²) in [6.45, 7) is 4.42. The number of unbranched alkanes of at least 4 members (excludes halogenated alkanes) is 2. The molecule has 1 fully saturated rings. The van der Waals surface area contributed by atoms with Crippen molar-refractivity contribution in [1.29, 1.82) is 0 Å². The second kappa shape index (κ2) is 11.9. The smallest absolute Gasteiger partial charge is 0.327 e. The SMILES string of the molecule is CCCCCOc1nc(N2CCCN(Cc3ccnc4c3ccn4CC(=O)N(C)C)C2=O)ncc1OC. The maximum absolute atomic E-state index is 13.5. The Kier molecular flexibility index (Phi) is 8.42. The quantitative estimate of drug-likeness (QED) is 0.365. The number of amides is 3. The van der Waals surface area contributed by atoms with Crippen molar-refractivity contribution in [2.24, 2.45) is 0 Å². The molecule has 3 amide bonds. The topological polar surface area (TPSA) is 106 Å². The van der Waals surface area contributed by atoms with Gasteiger partial charge in [0.25, 0.3) is 5.88 Å². The molecule has 0 unspecified atom stereocenters. The van der Waals surface area contributed by atoms with Gasteiger partial charge in [0.15, 0.2) is 5.75 Å². The van der Waals surface area contributed by atoms with Gasteiger partial charge in [0.2, 0.25) is 11.9 Å². The fraction of sp³-hybridized carbons (Fsp3) is 0.500. The monoisotopic (exact) mass is 509 g/mol. The molecule has 4 heterocycles. The average molecular weight is 510 g/mol. The number of rotatable bonds is 11. The van der Waals surface area contributed by atoms with Gasteiger partial charge in [-0.05, 0) is 30.5 Å². The molecule has 1 saturated heterocycles. The van der Waals surface area contributed by atoms with Crippen LogP contribution in [0.25, 0.3) is 11.0 Å². The lowest BCUT2D eigenvalue weighted by Gasteiger charge is -2.34. The molecule has 4 rings (SSSR count). The number of carbonyl (C=O) groups is 2. The van der Waals surface area contributed by atoms with E-state index in [1.54, 1.807) is 48.3 Å². The fourth-order valence-electron chi connectivity index (χ4n) is 4.26. The molecule has 0 bridgehead atoms. The van der Waals surface area contributed by atoms with Gasteiger partial charge in [-0.15, -0.1) is 0 Å². The van der Waals surface area contributed by atoms with E-state index in [0.29, 0.717) is 43.8 Å². The Bertz CT molecular complexity index is 1240. The van der Waals surface area contributed by atoms with Gasteiger partial charge in [-0.3, -0.25) is 9.69 Å². The minimum atomic E-state index is -0.166. The third-order valence-corrected chi connectivity index (χ3v) is 6.39. The molecular formula is C26H35N7O4. The number of nitrogens with zero attached hydrogens (tertiary/aromatic N) is 7. The van der Waals surface area contributed by atoms with Gasteiger partial charge in [-0.2, -0.15) is 4.98 Å². The van der Waals surface area contributed by atoms with Gasteiger partial charge < -0.3 is 23.8 Å². The van der Waals surface area contributed by atoms with Crippen LogP contribution in [0.15, 0.2) is 30.7 Å². The maximum atomic E-state index is 13.5. The summed E-state index contributed by atoms with van der Waals surface area (Å²) in [6.07, 6.45) is 8.98. The predicted molar refractivity (Wildman–Crippen MR) is 140 cm³/mol. The first-order chi connectivity index (χ1) is 17.9. The van der Waals surface area contributed by atoms with Crippen LogP contribution in [0.4, 0.5) is 10.7 Å². The summed E-state index contributed by atoms with van der Waals surface area (Å²) in [5, 5.41) is 0.919. The van der Waals surface area contributed by atoms with Crippen LogP contribution in [-0.4, -0.2) is 82.2 Å². The van der Waals surface area contributed by atoms with Gasteiger partial charge in [0.05, 0.1) is 19.9 Å². The minimum Gasteiger partial charge on any atom is -0.490 e. The molecule has 0 N–H and O–H groups in total. The van der Waals surface area contributed by atoms with E-state index in [0.717, 1.165) is 42.3 Å². The van der Waals surface area contributed by atoms with Gasteiger partial charge in [-0.25, -0.2) is 14.8 Å². The van der Waals surface area contributed by atoms with Crippen LogP contribution >= 0.6 is 0 Å². The molecule has 0 aromatic carbocycles.